The Morgan fingerprint density at radius 3 is 2.63 bits per heavy atom. The lowest BCUT2D eigenvalue weighted by Gasteiger charge is -2.43. The summed E-state index contributed by atoms with van der Waals surface area (Å²) < 4.78 is 39.8. The van der Waals surface area contributed by atoms with Gasteiger partial charge in [0.1, 0.15) is 11.9 Å². The van der Waals surface area contributed by atoms with E-state index in [4.69, 9.17) is 9.47 Å². The molecule has 3 atom stereocenters. The summed E-state index contributed by atoms with van der Waals surface area (Å²) in [6, 6.07) is 8.45. The number of benzene rings is 1. The van der Waals surface area contributed by atoms with E-state index in [2.05, 4.69) is 40.8 Å². The predicted octanol–water partition coefficient (Wildman–Crippen LogP) is 3.28. The molecular weight excluding hydrogens is 400 g/mol. The summed E-state index contributed by atoms with van der Waals surface area (Å²) in [5, 5.41) is 0. The Hall–Kier alpha value is -1.15. The summed E-state index contributed by atoms with van der Waals surface area (Å²) >= 11 is 0. The van der Waals surface area contributed by atoms with E-state index in [1.165, 1.54) is 11.8 Å². The molecule has 1 aromatic rings. The Kier molecular flexibility index (Phi) is 7.02. The van der Waals surface area contributed by atoms with E-state index < -0.39 is 10.0 Å². The maximum absolute atomic E-state index is 12.0. The van der Waals surface area contributed by atoms with Crippen molar-refractivity contribution in [1.29, 1.82) is 0 Å². The summed E-state index contributed by atoms with van der Waals surface area (Å²) in [4.78, 5) is 2.40. The number of nitrogens with zero attached hydrogens (tertiary/aromatic N) is 1. The molecule has 1 aliphatic carbocycles. The molecule has 0 unspecified atom stereocenters. The SMILES string of the molecule is CC[C@@H]1CN2CCC[C@H](NS(C)(=O)=O)[C@@H]2COC2CCC(CC2)c2ccccc2O1. The molecule has 2 fully saturated rings. The third-order valence-electron chi connectivity index (χ3n) is 6.98. The fourth-order valence-corrected chi connectivity index (χ4v) is 6.20. The highest BCUT2D eigenvalue weighted by molar-refractivity contribution is 7.88. The van der Waals surface area contributed by atoms with Crippen LogP contribution < -0.4 is 9.46 Å². The number of nitrogens with one attached hydrogen (secondary N) is 1. The summed E-state index contributed by atoms with van der Waals surface area (Å²) in [5.41, 5.74) is 1.33. The second-order valence-corrected chi connectivity index (χ2v) is 11.0. The zero-order valence-electron chi connectivity index (χ0n) is 18.3. The van der Waals surface area contributed by atoms with Gasteiger partial charge in [-0.05, 0) is 69.0 Å². The van der Waals surface area contributed by atoms with Gasteiger partial charge in [0.25, 0.3) is 0 Å². The van der Waals surface area contributed by atoms with Crippen LogP contribution in [0.3, 0.4) is 0 Å². The third kappa shape index (κ3) is 5.36. The molecule has 4 aliphatic rings. The maximum atomic E-state index is 12.0. The van der Waals surface area contributed by atoms with Crippen molar-refractivity contribution in [3.05, 3.63) is 29.8 Å². The lowest BCUT2D eigenvalue weighted by atomic mass is 9.82. The van der Waals surface area contributed by atoms with Gasteiger partial charge in [-0.25, -0.2) is 13.1 Å². The lowest BCUT2D eigenvalue weighted by Crippen LogP contribution is -2.59. The van der Waals surface area contributed by atoms with Gasteiger partial charge >= 0.3 is 0 Å². The minimum Gasteiger partial charge on any atom is -0.489 e. The average Bonchev–Trinajstić information content (AvgIpc) is 2.74. The fraction of sp³-hybridized carbons (Fsp3) is 0.739. The summed E-state index contributed by atoms with van der Waals surface area (Å²) in [7, 11) is -3.26. The number of fused-ring (bicyclic) bond motifs is 5. The van der Waals surface area contributed by atoms with Crippen molar-refractivity contribution in [1.82, 2.24) is 9.62 Å². The molecule has 168 valence electrons. The first-order valence-corrected chi connectivity index (χ1v) is 13.4. The zero-order chi connectivity index (χ0) is 21.1. The van der Waals surface area contributed by atoms with Crippen molar-refractivity contribution in [3.63, 3.8) is 0 Å². The van der Waals surface area contributed by atoms with Crippen molar-refractivity contribution < 1.29 is 17.9 Å². The van der Waals surface area contributed by atoms with Crippen LogP contribution in [0.1, 0.15) is 63.4 Å². The Bertz CT molecular complexity index is 807. The molecule has 1 N–H and O–H groups in total. The van der Waals surface area contributed by atoms with E-state index in [0.29, 0.717) is 12.5 Å². The van der Waals surface area contributed by atoms with Gasteiger partial charge in [-0.2, -0.15) is 0 Å². The number of piperidine rings is 1. The van der Waals surface area contributed by atoms with Gasteiger partial charge < -0.3 is 9.47 Å². The van der Waals surface area contributed by atoms with Crippen LogP contribution in [-0.4, -0.2) is 63.6 Å². The smallest absolute Gasteiger partial charge is 0.209 e. The largest absolute Gasteiger partial charge is 0.489 e. The standard InChI is InChI=1S/C23H36N2O4S/c1-3-18-15-25-14-6-8-21(24-30(2,26)27)22(25)16-28-19-12-10-17(11-13-19)20-7-4-5-9-23(20)29-18/h4-5,7,9,17-19,21-22,24H,3,6,8,10-16H2,1-2H3/t17?,18-,19?,21+,22+/m1/s1. The second kappa shape index (κ2) is 9.55. The van der Waals surface area contributed by atoms with Crippen LogP contribution in [-0.2, 0) is 14.8 Å². The first kappa shape index (κ1) is 22.1. The van der Waals surface area contributed by atoms with Crippen LogP contribution in [0.15, 0.2) is 24.3 Å². The Morgan fingerprint density at radius 1 is 1.13 bits per heavy atom. The summed E-state index contributed by atoms with van der Waals surface area (Å²) in [6.45, 7) is 4.48. The van der Waals surface area contributed by atoms with Gasteiger partial charge in [0.05, 0.1) is 19.0 Å². The highest BCUT2D eigenvalue weighted by atomic mass is 32.2. The van der Waals surface area contributed by atoms with Crippen LogP contribution >= 0.6 is 0 Å². The van der Waals surface area contributed by atoms with E-state index in [9.17, 15) is 8.42 Å². The molecule has 3 aliphatic heterocycles. The molecule has 1 saturated heterocycles. The van der Waals surface area contributed by atoms with E-state index in [1.54, 1.807) is 0 Å². The normalized spacial score (nSPS) is 33.3. The van der Waals surface area contributed by atoms with Gasteiger partial charge in [0.15, 0.2) is 0 Å². The molecule has 1 saturated carbocycles. The molecular formula is C23H36N2O4S. The van der Waals surface area contributed by atoms with Gasteiger partial charge in [-0.1, -0.05) is 25.1 Å². The predicted molar refractivity (Wildman–Crippen MR) is 118 cm³/mol. The van der Waals surface area contributed by atoms with Crippen molar-refractivity contribution in [2.45, 2.75) is 82.1 Å². The van der Waals surface area contributed by atoms with Gasteiger partial charge in [-0.15, -0.1) is 0 Å². The highest BCUT2D eigenvalue weighted by Gasteiger charge is 2.36. The minimum absolute atomic E-state index is 0.0415. The van der Waals surface area contributed by atoms with Crippen LogP contribution in [0.4, 0.5) is 0 Å². The number of rotatable bonds is 3. The van der Waals surface area contributed by atoms with E-state index in [0.717, 1.165) is 63.8 Å². The van der Waals surface area contributed by atoms with Gasteiger partial charge in [0.2, 0.25) is 10.0 Å². The fourth-order valence-electron chi connectivity index (χ4n) is 5.38. The summed E-state index contributed by atoms with van der Waals surface area (Å²) in [6.07, 6.45) is 8.65. The summed E-state index contributed by atoms with van der Waals surface area (Å²) in [5.74, 6) is 1.55. The monoisotopic (exact) mass is 436 g/mol. The van der Waals surface area contributed by atoms with Crippen molar-refractivity contribution in [2.75, 3.05) is 26.0 Å². The Labute approximate surface area is 181 Å². The Balaban J connectivity index is 1.62. The van der Waals surface area contributed by atoms with Gasteiger partial charge in [-0.3, -0.25) is 4.90 Å². The third-order valence-corrected chi connectivity index (χ3v) is 7.71. The highest BCUT2D eigenvalue weighted by Crippen LogP contribution is 2.39. The maximum Gasteiger partial charge on any atom is 0.209 e. The first-order chi connectivity index (χ1) is 14.4. The van der Waals surface area contributed by atoms with Crippen LogP contribution in [0.25, 0.3) is 0 Å². The van der Waals surface area contributed by atoms with Crippen LogP contribution in [0.5, 0.6) is 5.75 Å². The molecule has 2 bridgehead atoms. The quantitative estimate of drug-likeness (QED) is 0.788. The molecule has 0 radical (unpaired) electrons. The van der Waals surface area contributed by atoms with Crippen LogP contribution in [0, 0.1) is 0 Å². The molecule has 6 nitrogen and oxygen atoms in total. The van der Waals surface area contributed by atoms with E-state index in [1.807, 2.05) is 0 Å². The number of para-hydroxylation sites is 1. The number of hydrogen-bond acceptors (Lipinski definition) is 5. The molecule has 5 rings (SSSR count). The molecule has 7 heteroatoms. The first-order valence-electron chi connectivity index (χ1n) is 11.5. The molecule has 3 heterocycles. The number of sulfonamides is 1. The average molecular weight is 437 g/mol. The van der Waals surface area contributed by atoms with Crippen molar-refractivity contribution in [3.8, 4) is 5.75 Å². The molecule has 0 spiro atoms. The molecule has 1 aromatic carbocycles. The molecule has 30 heavy (non-hydrogen) atoms. The topological polar surface area (TPSA) is 67.9 Å². The second-order valence-electron chi connectivity index (χ2n) is 9.19. The lowest BCUT2D eigenvalue weighted by molar-refractivity contribution is -0.0335. The minimum atomic E-state index is -3.26. The molecule has 0 amide bonds. The zero-order valence-corrected chi connectivity index (χ0v) is 19.1. The number of hydrogen-bond donors (Lipinski definition) is 1. The Morgan fingerprint density at radius 2 is 1.90 bits per heavy atom. The van der Waals surface area contributed by atoms with Gasteiger partial charge in [0, 0.05) is 18.6 Å². The number of ether oxygens (including phenoxy) is 2. The van der Waals surface area contributed by atoms with Crippen molar-refractivity contribution >= 4 is 10.0 Å². The van der Waals surface area contributed by atoms with E-state index >= 15 is 0 Å². The van der Waals surface area contributed by atoms with Crippen molar-refractivity contribution in [2.24, 2.45) is 0 Å². The van der Waals surface area contributed by atoms with E-state index in [-0.39, 0.29) is 24.3 Å². The molecule has 0 aromatic heterocycles. The van der Waals surface area contributed by atoms with Crippen LogP contribution in [0.2, 0.25) is 0 Å².